The molecule has 6 nitrogen and oxygen atoms in total. The molecule has 0 unspecified atom stereocenters. The smallest absolute Gasteiger partial charge is 0.239 e. The first-order valence-electron chi connectivity index (χ1n) is 5.94. The van der Waals surface area contributed by atoms with Gasteiger partial charge < -0.3 is 9.26 Å². The fourth-order valence-electron chi connectivity index (χ4n) is 1.69. The lowest BCUT2D eigenvalue weighted by atomic mass is 10.5. The third kappa shape index (κ3) is 2.67. The van der Waals surface area contributed by atoms with E-state index in [0.717, 1.165) is 15.2 Å². The number of aromatic nitrogens is 4. The number of fused-ring (bicyclic) bond motifs is 1. The van der Waals surface area contributed by atoms with E-state index in [9.17, 15) is 0 Å². The fraction of sp³-hybridized carbons (Fsp3) is 0.333. The van der Waals surface area contributed by atoms with Gasteiger partial charge in [-0.05, 0) is 18.4 Å². The van der Waals surface area contributed by atoms with Gasteiger partial charge in [0.15, 0.2) is 5.82 Å². The van der Waals surface area contributed by atoms with Gasteiger partial charge in [0.05, 0.1) is 15.5 Å². The zero-order valence-electron chi connectivity index (χ0n) is 10.9. The maximum absolute atomic E-state index is 5.24. The summed E-state index contributed by atoms with van der Waals surface area (Å²) in [5.41, 5.74) is 0.963. The highest BCUT2D eigenvalue weighted by Gasteiger charge is 2.18. The van der Waals surface area contributed by atoms with Gasteiger partial charge in [0.1, 0.15) is 18.0 Å². The van der Waals surface area contributed by atoms with Crippen molar-refractivity contribution in [2.45, 2.75) is 23.8 Å². The maximum Gasteiger partial charge on any atom is 0.239 e. The predicted octanol–water partition coefficient (Wildman–Crippen LogP) is 3.07. The van der Waals surface area contributed by atoms with Crippen molar-refractivity contribution in [3.8, 4) is 0 Å². The molecule has 3 aromatic rings. The second-order valence-electron chi connectivity index (χ2n) is 4.06. The van der Waals surface area contributed by atoms with Crippen molar-refractivity contribution in [2.75, 3.05) is 7.11 Å². The molecule has 0 amide bonds. The summed E-state index contributed by atoms with van der Waals surface area (Å²) >= 11 is 3.22. The first-order valence-corrected chi connectivity index (χ1v) is 7.70. The Morgan fingerprint density at radius 2 is 2.35 bits per heavy atom. The zero-order valence-corrected chi connectivity index (χ0v) is 12.6. The molecule has 0 spiro atoms. The van der Waals surface area contributed by atoms with Gasteiger partial charge in [-0.2, -0.15) is 4.98 Å². The lowest BCUT2D eigenvalue weighted by Gasteiger charge is -2.05. The van der Waals surface area contributed by atoms with Crippen LogP contribution in [0.3, 0.4) is 0 Å². The van der Waals surface area contributed by atoms with E-state index in [4.69, 9.17) is 9.26 Å². The molecule has 0 saturated heterocycles. The molecular weight excluding hydrogens is 296 g/mol. The van der Waals surface area contributed by atoms with Crippen LogP contribution >= 0.6 is 23.1 Å². The van der Waals surface area contributed by atoms with Gasteiger partial charge in [0, 0.05) is 7.11 Å². The predicted molar refractivity (Wildman–Crippen MR) is 76.7 cm³/mol. The lowest BCUT2D eigenvalue weighted by molar-refractivity contribution is 0.174. The molecule has 104 valence electrons. The van der Waals surface area contributed by atoms with Crippen LogP contribution in [-0.2, 0) is 11.3 Å². The Balaban J connectivity index is 1.81. The molecule has 20 heavy (non-hydrogen) atoms. The van der Waals surface area contributed by atoms with E-state index in [1.807, 2.05) is 18.4 Å². The molecule has 3 heterocycles. The van der Waals surface area contributed by atoms with Gasteiger partial charge in [0.2, 0.25) is 5.89 Å². The van der Waals surface area contributed by atoms with E-state index < -0.39 is 0 Å². The number of ether oxygens (including phenoxy) is 1. The van der Waals surface area contributed by atoms with Crippen molar-refractivity contribution in [1.82, 2.24) is 20.1 Å². The van der Waals surface area contributed by atoms with Crippen molar-refractivity contribution >= 4 is 33.3 Å². The molecule has 0 aliphatic rings. The molecule has 0 aliphatic heterocycles. The number of rotatable bonds is 5. The van der Waals surface area contributed by atoms with E-state index in [2.05, 4.69) is 20.1 Å². The SMILES string of the molecule is COCc1noc([C@H](C)Sc2ncnc3ccsc23)n1. The first kappa shape index (κ1) is 13.5. The molecule has 8 heteroatoms. The number of methoxy groups -OCH3 is 1. The average Bonchev–Trinajstić information content (AvgIpc) is 3.08. The summed E-state index contributed by atoms with van der Waals surface area (Å²) in [6.45, 7) is 2.36. The molecule has 1 atom stereocenters. The number of thioether (sulfide) groups is 1. The zero-order chi connectivity index (χ0) is 13.9. The topological polar surface area (TPSA) is 73.9 Å². The molecule has 3 rings (SSSR count). The van der Waals surface area contributed by atoms with E-state index in [1.165, 1.54) is 0 Å². The van der Waals surface area contributed by atoms with Crippen LogP contribution in [0.2, 0.25) is 0 Å². The van der Waals surface area contributed by atoms with Crippen molar-refractivity contribution < 1.29 is 9.26 Å². The minimum Gasteiger partial charge on any atom is -0.377 e. The van der Waals surface area contributed by atoms with E-state index >= 15 is 0 Å². The molecule has 3 aromatic heterocycles. The third-order valence-electron chi connectivity index (χ3n) is 2.60. The van der Waals surface area contributed by atoms with E-state index in [1.54, 1.807) is 36.5 Å². The van der Waals surface area contributed by atoms with Gasteiger partial charge in [-0.25, -0.2) is 9.97 Å². The van der Waals surface area contributed by atoms with Gasteiger partial charge >= 0.3 is 0 Å². The Bertz CT molecular complexity index is 712. The van der Waals surface area contributed by atoms with Crippen LogP contribution in [0, 0.1) is 0 Å². The molecule has 0 bridgehead atoms. The Hall–Kier alpha value is -1.51. The molecule has 0 aliphatic carbocycles. The number of thiophene rings is 1. The van der Waals surface area contributed by atoms with E-state index in [-0.39, 0.29) is 5.25 Å². The number of nitrogens with zero attached hydrogens (tertiary/aromatic N) is 4. The van der Waals surface area contributed by atoms with Crippen molar-refractivity contribution in [1.29, 1.82) is 0 Å². The largest absolute Gasteiger partial charge is 0.377 e. The average molecular weight is 308 g/mol. The summed E-state index contributed by atoms with van der Waals surface area (Å²) in [4.78, 5) is 12.9. The Morgan fingerprint density at radius 3 is 3.20 bits per heavy atom. The van der Waals surface area contributed by atoms with Gasteiger partial charge in [-0.1, -0.05) is 16.9 Å². The second-order valence-corrected chi connectivity index (χ2v) is 6.30. The quantitative estimate of drug-likeness (QED) is 0.529. The van der Waals surface area contributed by atoms with E-state index in [0.29, 0.717) is 18.3 Å². The maximum atomic E-state index is 5.24. The Labute approximate surface area is 123 Å². The van der Waals surface area contributed by atoms with Crippen LogP contribution in [0.4, 0.5) is 0 Å². The highest BCUT2D eigenvalue weighted by molar-refractivity contribution is 7.99. The second kappa shape index (κ2) is 5.86. The standard InChI is InChI=1S/C12H12N4O2S2/c1-7(11-15-9(5-17-2)16-18-11)20-12-10-8(3-4-19-10)13-6-14-12/h3-4,6-7H,5H2,1-2H3/t7-/m0/s1. The van der Waals surface area contributed by atoms with Crippen molar-refractivity contribution in [3.05, 3.63) is 29.5 Å². The summed E-state index contributed by atoms with van der Waals surface area (Å²) in [5, 5.41) is 6.83. The minimum atomic E-state index is 0.0216. The number of hydrogen-bond donors (Lipinski definition) is 0. The number of hydrogen-bond acceptors (Lipinski definition) is 8. The van der Waals surface area contributed by atoms with Crippen LogP contribution in [0.5, 0.6) is 0 Å². The first-order chi connectivity index (χ1) is 9.78. The molecular formula is C12H12N4O2S2. The van der Waals surface area contributed by atoms with Crippen molar-refractivity contribution in [3.63, 3.8) is 0 Å². The monoisotopic (exact) mass is 308 g/mol. The van der Waals surface area contributed by atoms with Crippen molar-refractivity contribution in [2.24, 2.45) is 0 Å². The molecule has 0 radical (unpaired) electrons. The highest BCUT2D eigenvalue weighted by atomic mass is 32.2. The normalized spacial score (nSPS) is 12.9. The summed E-state index contributed by atoms with van der Waals surface area (Å²) < 4.78 is 11.3. The third-order valence-corrected chi connectivity index (χ3v) is 4.73. The summed E-state index contributed by atoms with van der Waals surface area (Å²) in [5.74, 6) is 1.13. The molecule has 0 N–H and O–H groups in total. The highest BCUT2D eigenvalue weighted by Crippen LogP contribution is 2.37. The van der Waals surface area contributed by atoms with Crippen LogP contribution < -0.4 is 0 Å². The van der Waals surface area contributed by atoms with Gasteiger partial charge in [-0.3, -0.25) is 0 Å². The van der Waals surface area contributed by atoms with Crippen LogP contribution in [-0.4, -0.2) is 27.2 Å². The van der Waals surface area contributed by atoms with Gasteiger partial charge in [0.25, 0.3) is 0 Å². The minimum absolute atomic E-state index is 0.0216. The van der Waals surface area contributed by atoms with Crippen LogP contribution in [0.15, 0.2) is 27.3 Å². The molecule has 0 fully saturated rings. The van der Waals surface area contributed by atoms with Crippen LogP contribution in [0.1, 0.15) is 23.9 Å². The Morgan fingerprint density at radius 1 is 1.45 bits per heavy atom. The fourth-order valence-corrected chi connectivity index (χ4v) is 3.56. The van der Waals surface area contributed by atoms with Crippen LogP contribution in [0.25, 0.3) is 10.2 Å². The molecule has 0 aromatic carbocycles. The summed E-state index contributed by atoms with van der Waals surface area (Å²) in [6.07, 6.45) is 1.58. The van der Waals surface area contributed by atoms with Gasteiger partial charge in [-0.15, -0.1) is 11.3 Å². The Kier molecular flexibility index (Phi) is 3.95. The lowest BCUT2D eigenvalue weighted by Crippen LogP contribution is -1.93. The summed E-state index contributed by atoms with van der Waals surface area (Å²) in [6, 6.07) is 1.99. The summed E-state index contributed by atoms with van der Waals surface area (Å²) in [7, 11) is 1.60. The molecule has 0 saturated carbocycles.